The van der Waals surface area contributed by atoms with E-state index < -0.39 is 10.0 Å². The van der Waals surface area contributed by atoms with Crippen LogP contribution in [0.3, 0.4) is 0 Å². The van der Waals surface area contributed by atoms with E-state index in [1.165, 1.54) is 11.8 Å². The quantitative estimate of drug-likeness (QED) is 0.855. The minimum absolute atomic E-state index is 0.0181. The van der Waals surface area contributed by atoms with Crippen LogP contribution in [-0.4, -0.2) is 55.6 Å². The van der Waals surface area contributed by atoms with Gasteiger partial charge in [-0.05, 0) is 38.8 Å². The fraction of sp³-hybridized carbons (Fsp3) is 0.647. The predicted octanol–water partition coefficient (Wildman–Crippen LogP) is 2.07. The molecule has 1 aromatic carbocycles. The zero-order valence-corrected chi connectivity index (χ0v) is 14.5. The minimum atomic E-state index is -3.16. The first-order valence-electron chi connectivity index (χ1n) is 8.11. The Kier molecular flexibility index (Phi) is 4.08. The van der Waals surface area contributed by atoms with E-state index in [0.29, 0.717) is 12.6 Å². The van der Waals surface area contributed by atoms with Gasteiger partial charge in [-0.25, -0.2) is 8.42 Å². The maximum Gasteiger partial charge on any atom is 0.211 e. The summed E-state index contributed by atoms with van der Waals surface area (Å²) in [6, 6.07) is 11.0. The van der Waals surface area contributed by atoms with Gasteiger partial charge >= 0.3 is 0 Å². The number of nitrogens with zero attached hydrogens (tertiary/aromatic N) is 2. The molecule has 0 spiro atoms. The number of fused-ring (bicyclic) bond motifs is 1. The van der Waals surface area contributed by atoms with E-state index in [2.05, 4.69) is 43.0 Å². The zero-order valence-electron chi connectivity index (χ0n) is 13.7. The van der Waals surface area contributed by atoms with Crippen molar-refractivity contribution in [2.75, 3.05) is 25.9 Å². The molecule has 2 saturated heterocycles. The van der Waals surface area contributed by atoms with Crippen LogP contribution >= 0.6 is 0 Å². The molecule has 0 aliphatic carbocycles. The van der Waals surface area contributed by atoms with Gasteiger partial charge in [-0.2, -0.15) is 4.31 Å². The van der Waals surface area contributed by atoms with Crippen LogP contribution < -0.4 is 0 Å². The number of hydrogen-bond donors (Lipinski definition) is 0. The lowest BCUT2D eigenvalue weighted by atomic mass is 9.69. The van der Waals surface area contributed by atoms with E-state index in [0.717, 1.165) is 25.9 Å². The summed E-state index contributed by atoms with van der Waals surface area (Å²) >= 11 is 0. The first-order chi connectivity index (χ1) is 10.3. The monoisotopic (exact) mass is 322 g/mol. The van der Waals surface area contributed by atoms with Gasteiger partial charge in [-0.3, -0.25) is 4.90 Å². The molecule has 2 unspecified atom stereocenters. The summed E-state index contributed by atoms with van der Waals surface area (Å²) in [6.07, 6.45) is 3.31. The van der Waals surface area contributed by atoms with Gasteiger partial charge < -0.3 is 0 Å². The van der Waals surface area contributed by atoms with Crippen molar-refractivity contribution in [3.8, 4) is 0 Å². The SMILES string of the molecule is CC(C)N1CCC2(c3ccccc3)CCN(S(C)(=O)=O)C2C1. The molecule has 4 nitrogen and oxygen atoms in total. The van der Waals surface area contributed by atoms with Crippen molar-refractivity contribution < 1.29 is 8.42 Å². The van der Waals surface area contributed by atoms with E-state index in [1.807, 2.05) is 6.07 Å². The molecule has 0 bridgehead atoms. The third-order valence-corrected chi connectivity index (χ3v) is 6.81. The third-order valence-electron chi connectivity index (χ3n) is 5.52. The normalized spacial score (nSPS) is 30.6. The van der Waals surface area contributed by atoms with E-state index in [4.69, 9.17) is 0 Å². The maximum absolute atomic E-state index is 12.2. The Balaban J connectivity index is 2.02. The van der Waals surface area contributed by atoms with Crippen LogP contribution in [0, 0.1) is 0 Å². The second kappa shape index (κ2) is 5.62. The Hall–Kier alpha value is -0.910. The van der Waals surface area contributed by atoms with Crippen molar-refractivity contribution >= 4 is 10.0 Å². The molecule has 122 valence electrons. The predicted molar refractivity (Wildman–Crippen MR) is 89.4 cm³/mol. The first-order valence-corrected chi connectivity index (χ1v) is 9.96. The second-order valence-electron chi connectivity index (χ2n) is 7.00. The summed E-state index contributed by atoms with van der Waals surface area (Å²) < 4.78 is 26.2. The highest BCUT2D eigenvalue weighted by Crippen LogP contribution is 2.46. The van der Waals surface area contributed by atoms with E-state index in [-0.39, 0.29) is 11.5 Å². The average molecular weight is 322 g/mol. The molecule has 2 heterocycles. The van der Waals surface area contributed by atoms with Gasteiger partial charge in [0.1, 0.15) is 0 Å². The molecule has 5 heteroatoms. The summed E-state index contributed by atoms with van der Waals surface area (Å²) in [5, 5.41) is 0. The minimum Gasteiger partial charge on any atom is -0.299 e. The molecule has 0 aromatic heterocycles. The summed E-state index contributed by atoms with van der Waals surface area (Å²) in [6.45, 7) is 6.90. The van der Waals surface area contributed by atoms with Crippen LogP contribution in [0.2, 0.25) is 0 Å². The fourth-order valence-corrected chi connectivity index (χ4v) is 5.39. The Bertz CT molecular complexity index is 629. The van der Waals surface area contributed by atoms with Crippen LogP contribution in [0.4, 0.5) is 0 Å². The number of benzene rings is 1. The van der Waals surface area contributed by atoms with Crippen LogP contribution in [0.1, 0.15) is 32.3 Å². The van der Waals surface area contributed by atoms with Gasteiger partial charge in [-0.15, -0.1) is 0 Å². The van der Waals surface area contributed by atoms with Crippen LogP contribution in [0.5, 0.6) is 0 Å². The molecule has 2 atom stereocenters. The number of sulfonamides is 1. The number of piperidine rings is 1. The number of hydrogen-bond acceptors (Lipinski definition) is 3. The largest absolute Gasteiger partial charge is 0.299 e. The molecular weight excluding hydrogens is 296 g/mol. The highest BCUT2D eigenvalue weighted by molar-refractivity contribution is 7.88. The summed E-state index contributed by atoms with van der Waals surface area (Å²) in [5.74, 6) is 0. The fourth-order valence-electron chi connectivity index (χ4n) is 4.24. The lowest BCUT2D eigenvalue weighted by molar-refractivity contribution is 0.0923. The summed E-state index contributed by atoms with van der Waals surface area (Å²) in [4.78, 5) is 2.41. The van der Waals surface area contributed by atoms with Crippen molar-refractivity contribution in [3.63, 3.8) is 0 Å². The molecule has 2 fully saturated rings. The van der Waals surface area contributed by atoms with Crippen molar-refractivity contribution in [1.82, 2.24) is 9.21 Å². The smallest absolute Gasteiger partial charge is 0.211 e. The summed E-state index contributed by atoms with van der Waals surface area (Å²) in [7, 11) is -3.16. The molecule has 0 amide bonds. The third kappa shape index (κ3) is 2.59. The first kappa shape index (κ1) is 16.0. The van der Waals surface area contributed by atoms with Crippen LogP contribution in [0.15, 0.2) is 30.3 Å². The molecule has 22 heavy (non-hydrogen) atoms. The summed E-state index contributed by atoms with van der Waals surface area (Å²) in [5.41, 5.74) is 1.28. The Labute approximate surface area is 134 Å². The lowest BCUT2D eigenvalue weighted by Crippen LogP contribution is -2.57. The van der Waals surface area contributed by atoms with E-state index >= 15 is 0 Å². The average Bonchev–Trinajstić information content (AvgIpc) is 2.87. The zero-order chi connectivity index (χ0) is 16.0. The molecule has 0 saturated carbocycles. The van der Waals surface area contributed by atoms with Crippen molar-refractivity contribution in [3.05, 3.63) is 35.9 Å². The molecule has 3 rings (SSSR count). The highest BCUT2D eigenvalue weighted by atomic mass is 32.2. The van der Waals surface area contributed by atoms with Gasteiger partial charge in [0.25, 0.3) is 0 Å². The topological polar surface area (TPSA) is 40.6 Å². The molecule has 0 N–H and O–H groups in total. The van der Waals surface area contributed by atoms with E-state index in [1.54, 1.807) is 4.31 Å². The van der Waals surface area contributed by atoms with Crippen molar-refractivity contribution in [2.45, 2.75) is 44.2 Å². The number of likely N-dealkylation sites (tertiary alicyclic amines) is 1. The van der Waals surface area contributed by atoms with Gasteiger partial charge in [-0.1, -0.05) is 30.3 Å². The van der Waals surface area contributed by atoms with Crippen molar-refractivity contribution in [2.24, 2.45) is 0 Å². The van der Waals surface area contributed by atoms with Gasteiger partial charge in [0.15, 0.2) is 0 Å². The standard InChI is InChI=1S/C17H26N2O2S/c1-14(2)18-11-9-17(15-7-5-4-6-8-15)10-12-19(16(17)13-18)22(3,20)21/h4-8,14,16H,9-13H2,1-3H3. The molecule has 2 aliphatic rings. The molecule has 0 radical (unpaired) electrons. The van der Waals surface area contributed by atoms with Gasteiger partial charge in [0.05, 0.1) is 6.26 Å². The highest BCUT2D eigenvalue weighted by Gasteiger charge is 2.53. The Morgan fingerprint density at radius 3 is 2.36 bits per heavy atom. The second-order valence-corrected chi connectivity index (χ2v) is 8.94. The maximum atomic E-state index is 12.2. The van der Waals surface area contributed by atoms with Crippen molar-refractivity contribution in [1.29, 1.82) is 0 Å². The Morgan fingerprint density at radius 2 is 1.77 bits per heavy atom. The van der Waals surface area contributed by atoms with E-state index in [9.17, 15) is 8.42 Å². The molecule has 2 aliphatic heterocycles. The molecule has 1 aromatic rings. The Morgan fingerprint density at radius 1 is 1.14 bits per heavy atom. The number of rotatable bonds is 3. The molecular formula is C17H26N2O2S. The van der Waals surface area contributed by atoms with Gasteiger partial charge in [0, 0.05) is 30.6 Å². The van der Waals surface area contributed by atoms with Crippen LogP contribution in [0.25, 0.3) is 0 Å². The van der Waals surface area contributed by atoms with Gasteiger partial charge in [0.2, 0.25) is 10.0 Å². The van der Waals surface area contributed by atoms with Crippen LogP contribution in [-0.2, 0) is 15.4 Å². The lowest BCUT2D eigenvalue weighted by Gasteiger charge is -2.47.